The van der Waals surface area contributed by atoms with E-state index in [0.29, 0.717) is 12.0 Å². The molecule has 23 heavy (non-hydrogen) atoms. The highest BCUT2D eigenvalue weighted by atomic mass is 32.1. The van der Waals surface area contributed by atoms with Crippen molar-refractivity contribution in [3.05, 3.63) is 21.4 Å². The molecule has 2 fully saturated rings. The highest BCUT2D eigenvalue weighted by molar-refractivity contribution is 7.14. The zero-order valence-electron chi connectivity index (χ0n) is 13.7. The van der Waals surface area contributed by atoms with Crippen molar-refractivity contribution >= 4 is 23.2 Å². The van der Waals surface area contributed by atoms with Gasteiger partial charge < -0.3 is 10.4 Å². The van der Waals surface area contributed by atoms with Crippen LogP contribution in [0.4, 0.5) is 0 Å². The standard InChI is InChI=1S/C17H24N2O3S/c1-10-5-15(23-11(10)2)17(22)18-13-6-14(7-13)19(9-16(20)21)8-12-3-4-12/h5,12-14H,3-4,6-9H2,1-2H3,(H,18,22)(H,20,21). The van der Waals surface area contributed by atoms with Crippen molar-refractivity contribution in [2.45, 2.75) is 51.6 Å². The number of aryl methyl sites for hydroxylation is 2. The van der Waals surface area contributed by atoms with E-state index in [1.54, 1.807) is 0 Å². The number of nitrogens with one attached hydrogen (secondary N) is 1. The maximum Gasteiger partial charge on any atom is 0.317 e. The number of rotatable bonds is 7. The minimum absolute atomic E-state index is 0.00151. The second-order valence-corrected chi connectivity index (χ2v) is 8.17. The SMILES string of the molecule is Cc1cc(C(=O)NC2CC(N(CC(=O)O)CC3CC3)C2)sc1C. The van der Waals surface area contributed by atoms with Crippen LogP contribution < -0.4 is 5.32 Å². The van der Waals surface area contributed by atoms with E-state index in [4.69, 9.17) is 5.11 Å². The molecule has 2 aliphatic rings. The Kier molecular flexibility index (Phi) is 4.73. The van der Waals surface area contributed by atoms with Gasteiger partial charge in [0.1, 0.15) is 0 Å². The number of hydrogen-bond acceptors (Lipinski definition) is 4. The van der Waals surface area contributed by atoms with E-state index in [0.717, 1.165) is 29.8 Å². The van der Waals surface area contributed by atoms with E-state index in [2.05, 4.69) is 10.2 Å². The maximum atomic E-state index is 12.2. The lowest BCUT2D eigenvalue weighted by atomic mass is 9.85. The van der Waals surface area contributed by atoms with Crippen molar-refractivity contribution < 1.29 is 14.7 Å². The molecule has 0 aromatic carbocycles. The molecule has 1 heterocycles. The Labute approximate surface area is 140 Å². The molecule has 0 aliphatic heterocycles. The Morgan fingerprint density at radius 2 is 2.04 bits per heavy atom. The predicted octanol–water partition coefficient (Wildman–Crippen LogP) is 2.42. The summed E-state index contributed by atoms with van der Waals surface area (Å²) in [6.45, 7) is 5.05. The number of aliphatic carboxylic acids is 1. The predicted molar refractivity (Wildman–Crippen MR) is 90.0 cm³/mol. The molecule has 5 nitrogen and oxygen atoms in total. The van der Waals surface area contributed by atoms with Crippen LogP contribution in [-0.2, 0) is 4.79 Å². The molecule has 2 aliphatic carbocycles. The Morgan fingerprint density at radius 1 is 1.35 bits per heavy atom. The molecule has 6 heteroatoms. The fraction of sp³-hybridized carbons (Fsp3) is 0.647. The summed E-state index contributed by atoms with van der Waals surface area (Å²) in [6.07, 6.45) is 4.16. The maximum absolute atomic E-state index is 12.2. The molecule has 0 atom stereocenters. The normalized spacial score (nSPS) is 23.6. The number of nitrogens with zero attached hydrogens (tertiary/aromatic N) is 1. The average Bonchev–Trinajstić information content (AvgIpc) is 3.17. The Balaban J connectivity index is 1.49. The third-order valence-electron chi connectivity index (χ3n) is 4.88. The Bertz CT molecular complexity index is 583. The first-order valence-corrected chi connectivity index (χ1v) is 9.07. The molecule has 0 saturated heterocycles. The summed E-state index contributed by atoms with van der Waals surface area (Å²) in [5, 5.41) is 12.1. The van der Waals surface area contributed by atoms with Crippen LogP contribution in [0.25, 0.3) is 0 Å². The second-order valence-electron chi connectivity index (χ2n) is 6.91. The van der Waals surface area contributed by atoms with E-state index >= 15 is 0 Å². The van der Waals surface area contributed by atoms with E-state index in [1.165, 1.54) is 29.1 Å². The van der Waals surface area contributed by atoms with Gasteiger partial charge in [-0.05, 0) is 57.1 Å². The molecule has 3 rings (SSSR count). The Morgan fingerprint density at radius 3 is 2.57 bits per heavy atom. The third kappa shape index (κ3) is 4.12. The molecular weight excluding hydrogens is 312 g/mol. The van der Waals surface area contributed by atoms with Crippen LogP contribution in [0.15, 0.2) is 6.07 Å². The summed E-state index contributed by atoms with van der Waals surface area (Å²) in [5.41, 5.74) is 1.16. The number of amides is 1. The van der Waals surface area contributed by atoms with Gasteiger partial charge >= 0.3 is 5.97 Å². The Hall–Kier alpha value is -1.40. The van der Waals surface area contributed by atoms with E-state index in [-0.39, 0.29) is 18.5 Å². The summed E-state index contributed by atoms with van der Waals surface area (Å²) >= 11 is 1.53. The van der Waals surface area contributed by atoms with E-state index in [9.17, 15) is 9.59 Å². The topological polar surface area (TPSA) is 69.6 Å². The average molecular weight is 336 g/mol. The fourth-order valence-corrected chi connectivity index (χ4v) is 4.03. The van der Waals surface area contributed by atoms with Crippen molar-refractivity contribution in [2.75, 3.05) is 13.1 Å². The van der Waals surface area contributed by atoms with Gasteiger partial charge in [0.15, 0.2) is 0 Å². The van der Waals surface area contributed by atoms with Crippen molar-refractivity contribution in [2.24, 2.45) is 5.92 Å². The van der Waals surface area contributed by atoms with Crippen molar-refractivity contribution in [3.8, 4) is 0 Å². The van der Waals surface area contributed by atoms with Gasteiger partial charge in [-0.1, -0.05) is 0 Å². The molecule has 1 aromatic rings. The number of carboxylic acid groups (broad SMARTS) is 1. The zero-order valence-corrected chi connectivity index (χ0v) is 14.5. The van der Waals surface area contributed by atoms with Gasteiger partial charge in [-0.25, -0.2) is 0 Å². The molecule has 2 N–H and O–H groups in total. The van der Waals surface area contributed by atoms with Crippen molar-refractivity contribution in [1.29, 1.82) is 0 Å². The lowest BCUT2D eigenvalue weighted by Gasteiger charge is -2.42. The minimum atomic E-state index is -0.761. The third-order valence-corrected chi connectivity index (χ3v) is 6.03. The molecule has 0 radical (unpaired) electrons. The minimum Gasteiger partial charge on any atom is -0.480 e. The lowest BCUT2D eigenvalue weighted by Crippen LogP contribution is -2.55. The molecule has 1 aromatic heterocycles. The molecule has 2 saturated carbocycles. The van der Waals surface area contributed by atoms with Crippen molar-refractivity contribution in [1.82, 2.24) is 10.2 Å². The van der Waals surface area contributed by atoms with Gasteiger partial charge in [0.2, 0.25) is 0 Å². The van der Waals surface area contributed by atoms with Crippen LogP contribution in [0.1, 0.15) is 45.8 Å². The van der Waals surface area contributed by atoms with Crippen LogP contribution >= 0.6 is 11.3 Å². The quantitative estimate of drug-likeness (QED) is 0.802. The first kappa shape index (κ1) is 16.5. The van der Waals surface area contributed by atoms with Crippen LogP contribution in [0, 0.1) is 19.8 Å². The van der Waals surface area contributed by atoms with Crippen LogP contribution in [-0.4, -0.2) is 47.1 Å². The van der Waals surface area contributed by atoms with E-state index in [1.807, 2.05) is 19.9 Å². The summed E-state index contributed by atoms with van der Waals surface area (Å²) in [4.78, 5) is 27.3. The van der Waals surface area contributed by atoms with Gasteiger partial charge in [-0.2, -0.15) is 0 Å². The van der Waals surface area contributed by atoms with E-state index < -0.39 is 5.97 Å². The molecule has 1 amide bonds. The monoisotopic (exact) mass is 336 g/mol. The highest BCUT2D eigenvalue weighted by Crippen LogP contribution is 2.34. The fourth-order valence-electron chi connectivity index (χ4n) is 3.09. The molecule has 0 unspecified atom stereocenters. The van der Waals surface area contributed by atoms with Crippen LogP contribution in [0.3, 0.4) is 0 Å². The molecule has 0 bridgehead atoms. The number of carbonyl (C=O) groups is 2. The number of hydrogen-bond donors (Lipinski definition) is 2. The smallest absolute Gasteiger partial charge is 0.317 e. The van der Waals surface area contributed by atoms with Gasteiger partial charge in [0.25, 0.3) is 5.91 Å². The largest absolute Gasteiger partial charge is 0.480 e. The summed E-state index contributed by atoms with van der Waals surface area (Å²) in [6, 6.07) is 2.41. The number of carbonyl (C=O) groups excluding carboxylic acids is 1. The summed E-state index contributed by atoms with van der Waals surface area (Å²) in [7, 11) is 0. The summed E-state index contributed by atoms with van der Waals surface area (Å²) in [5.74, 6) is -0.0793. The number of thiophene rings is 1. The van der Waals surface area contributed by atoms with Crippen LogP contribution in [0.5, 0.6) is 0 Å². The first-order valence-electron chi connectivity index (χ1n) is 8.26. The van der Waals surface area contributed by atoms with Gasteiger partial charge in [-0.3, -0.25) is 14.5 Å². The first-order chi connectivity index (χ1) is 10.9. The van der Waals surface area contributed by atoms with Gasteiger partial charge in [0, 0.05) is 23.5 Å². The van der Waals surface area contributed by atoms with Gasteiger partial charge in [-0.15, -0.1) is 11.3 Å². The highest BCUT2D eigenvalue weighted by Gasteiger charge is 2.37. The second kappa shape index (κ2) is 6.61. The molecule has 0 spiro atoms. The zero-order chi connectivity index (χ0) is 16.6. The van der Waals surface area contributed by atoms with Crippen LogP contribution in [0.2, 0.25) is 0 Å². The van der Waals surface area contributed by atoms with Crippen molar-refractivity contribution in [3.63, 3.8) is 0 Å². The molecule has 126 valence electrons. The lowest BCUT2D eigenvalue weighted by molar-refractivity contribution is -0.139. The molecular formula is C17H24N2O3S. The van der Waals surface area contributed by atoms with Gasteiger partial charge in [0.05, 0.1) is 11.4 Å². The number of carboxylic acids is 1. The summed E-state index contributed by atoms with van der Waals surface area (Å²) < 4.78 is 0.